The van der Waals surface area contributed by atoms with Crippen LogP contribution in [0.15, 0.2) is 35.0 Å². The Morgan fingerprint density at radius 1 is 1.21 bits per heavy atom. The van der Waals surface area contributed by atoms with Crippen molar-refractivity contribution < 1.29 is 19.1 Å². The fourth-order valence-electron chi connectivity index (χ4n) is 3.21. The van der Waals surface area contributed by atoms with E-state index in [2.05, 4.69) is 10.3 Å². The average molecular weight is 430 g/mol. The number of carbonyl (C=O) groups is 2. The van der Waals surface area contributed by atoms with Crippen molar-refractivity contribution in [3.63, 3.8) is 0 Å². The SMILES string of the molecule is COc1cccc(C(=O)N2CCc3nc(NC(=O)c4ccsc4)sc3C2)c1OC. The van der Waals surface area contributed by atoms with Crippen molar-refractivity contribution >= 4 is 39.6 Å². The fourth-order valence-corrected chi connectivity index (χ4v) is 4.87. The van der Waals surface area contributed by atoms with Gasteiger partial charge in [0.25, 0.3) is 11.8 Å². The van der Waals surface area contributed by atoms with Gasteiger partial charge in [0.2, 0.25) is 0 Å². The highest BCUT2D eigenvalue weighted by molar-refractivity contribution is 7.16. The van der Waals surface area contributed by atoms with Crippen molar-refractivity contribution in [1.29, 1.82) is 0 Å². The zero-order chi connectivity index (χ0) is 20.4. The van der Waals surface area contributed by atoms with Crippen molar-refractivity contribution in [1.82, 2.24) is 9.88 Å². The van der Waals surface area contributed by atoms with Gasteiger partial charge >= 0.3 is 0 Å². The first-order chi connectivity index (χ1) is 14.1. The summed E-state index contributed by atoms with van der Waals surface area (Å²) in [5, 5.41) is 7.06. The largest absolute Gasteiger partial charge is 0.493 e. The second-order valence-corrected chi connectivity index (χ2v) is 8.24. The zero-order valence-electron chi connectivity index (χ0n) is 15.9. The number of hydrogen-bond donors (Lipinski definition) is 1. The number of hydrogen-bond acceptors (Lipinski definition) is 7. The molecule has 0 spiro atoms. The first-order valence-corrected chi connectivity index (χ1v) is 10.7. The second kappa shape index (κ2) is 8.22. The maximum atomic E-state index is 13.1. The highest BCUT2D eigenvalue weighted by Crippen LogP contribution is 2.34. The molecule has 9 heteroatoms. The molecule has 3 aromatic rings. The van der Waals surface area contributed by atoms with Gasteiger partial charge in [0.05, 0.1) is 37.6 Å². The van der Waals surface area contributed by atoms with Gasteiger partial charge in [-0.05, 0) is 23.6 Å². The lowest BCUT2D eigenvalue weighted by atomic mass is 10.1. The average Bonchev–Trinajstić information content (AvgIpc) is 3.41. The van der Waals surface area contributed by atoms with Gasteiger partial charge in [-0.3, -0.25) is 14.9 Å². The number of methoxy groups -OCH3 is 2. The summed E-state index contributed by atoms with van der Waals surface area (Å²) in [6.45, 7) is 0.994. The van der Waals surface area contributed by atoms with Gasteiger partial charge in [-0.25, -0.2) is 4.98 Å². The fraction of sp³-hybridized carbons (Fsp3) is 0.250. The van der Waals surface area contributed by atoms with E-state index in [1.165, 1.54) is 29.8 Å². The second-order valence-electron chi connectivity index (χ2n) is 6.37. The molecule has 2 aromatic heterocycles. The molecule has 0 fully saturated rings. The van der Waals surface area contributed by atoms with Crippen molar-refractivity contribution in [3.05, 3.63) is 56.7 Å². The highest BCUT2D eigenvalue weighted by Gasteiger charge is 2.28. The van der Waals surface area contributed by atoms with Crippen LogP contribution in [0.2, 0.25) is 0 Å². The Morgan fingerprint density at radius 2 is 2.07 bits per heavy atom. The quantitative estimate of drug-likeness (QED) is 0.669. The normalized spacial score (nSPS) is 13.0. The zero-order valence-corrected chi connectivity index (χ0v) is 17.6. The van der Waals surface area contributed by atoms with E-state index in [1.54, 1.807) is 41.7 Å². The van der Waals surface area contributed by atoms with Crippen LogP contribution >= 0.6 is 22.7 Å². The molecular formula is C20H19N3O4S2. The lowest BCUT2D eigenvalue weighted by Crippen LogP contribution is -2.35. The maximum Gasteiger partial charge on any atom is 0.258 e. The van der Waals surface area contributed by atoms with Gasteiger partial charge in [-0.2, -0.15) is 11.3 Å². The van der Waals surface area contributed by atoms with Crippen molar-refractivity contribution in [2.75, 3.05) is 26.1 Å². The van der Waals surface area contributed by atoms with Crippen molar-refractivity contribution in [2.45, 2.75) is 13.0 Å². The summed E-state index contributed by atoms with van der Waals surface area (Å²) >= 11 is 2.88. The molecule has 1 aliphatic rings. The lowest BCUT2D eigenvalue weighted by Gasteiger charge is -2.27. The van der Waals surface area contributed by atoms with E-state index in [1.807, 2.05) is 5.38 Å². The first-order valence-electron chi connectivity index (χ1n) is 8.93. The van der Waals surface area contributed by atoms with Crippen LogP contribution in [0.5, 0.6) is 11.5 Å². The van der Waals surface area contributed by atoms with E-state index in [0.29, 0.717) is 47.3 Å². The summed E-state index contributed by atoms with van der Waals surface area (Å²) in [5.41, 5.74) is 2.01. The molecule has 0 saturated carbocycles. The van der Waals surface area contributed by atoms with Crippen LogP contribution in [-0.4, -0.2) is 42.5 Å². The molecule has 1 aliphatic heterocycles. The van der Waals surface area contributed by atoms with Crippen LogP contribution in [-0.2, 0) is 13.0 Å². The van der Waals surface area contributed by atoms with Crippen LogP contribution < -0.4 is 14.8 Å². The number of fused-ring (bicyclic) bond motifs is 1. The Hall–Kier alpha value is -2.91. The molecule has 0 aliphatic carbocycles. The van der Waals surface area contributed by atoms with Crippen molar-refractivity contribution in [2.24, 2.45) is 0 Å². The number of aromatic nitrogens is 1. The first kappa shape index (κ1) is 19.4. The molecular weight excluding hydrogens is 410 g/mol. The van der Waals surface area contributed by atoms with E-state index in [4.69, 9.17) is 9.47 Å². The van der Waals surface area contributed by atoms with E-state index in [0.717, 1.165) is 10.6 Å². The smallest absolute Gasteiger partial charge is 0.258 e. The van der Waals surface area contributed by atoms with Gasteiger partial charge in [-0.1, -0.05) is 17.4 Å². The Kier molecular flexibility index (Phi) is 5.50. The Bertz CT molecular complexity index is 1050. The molecule has 0 unspecified atom stereocenters. The molecule has 0 bridgehead atoms. The number of ether oxygens (including phenoxy) is 2. The monoisotopic (exact) mass is 429 g/mol. The summed E-state index contributed by atoms with van der Waals surface area (Å²) in [6.07, 6.45) is 0.637. The number of amides is 2. The van der Waals surface area contributed by atoms with E-state index < -0.39 is 0 Å². The van der Waals surface area contributed by atoms with Gasteiger partial charge in [0.1, 0.15) is 0 Å². The molecule has 1 N–H and O–H groups in total. The molecule has 7 nitrogen and oxygen atoms in total. The molecule has 150 valence electrons. The minimum atomic E-state index is -0.175. The number of anilines is 1. The summed E-state index contributed by atoms with van der Waals surface area (Å²) in [4.78, 5) is 32.6. The third kappa shape index (κ3) is 3.83. The highest BCUT2D eigenvalue weighted by atomic mass is 32.1. The number of thiazole rings is 1. The predicted molar refractivity (Wildman–Crippen MR) is 112 cm³/mol. The summed E-state index contributed by atoms with van der Waals surface area (Å²) in [5.74, 6) is 0.654. The third-order valence-electron chi connectivity index (χ3n) is 4.66. The number of nitrogens with zero attached hydrogens (tertiary/aromatic N) is 2. The Morgan fingerprint density at radius 3 is 2.79 bits per heavy atom. The molecule has 29 heavy (non-hydrogen) atoms. The number of nitrogens with one attached hydrogen (secondary N) is 1. The standard InChI is InChI=1S/C20H19N3O4S2/c1-26-15-5-3-4-13(17(15)27-2)19(25)23-8-6-14-16(10-23)29-20(21-14)22-18(24)12-7-9-28-11-12/h3-5,7,9,11H,6,8,10H2,1-2H3,(H,21,22,24). The molecule has 0 radical (unpaired) electrons. The number of thiophene rings is 1. The van der Waals surface area contributed by atoms with E-state index in [9.17, 15) is 9.59 Å². The van der Waals surface area contributed by atoms with Crippen LogP contribution in [0.25, 0.3) is 0 Å². The van der Waals surface area contributed by atoms with Gasteiger partial charge in [0, 0.05) is 23.2 Å². The van der Waals surface area contributed by atoms with Crippen LogP contribution in [0.4, 0.5) is 5.13 Å². The molecule has 2 amide bonds. The van der Waals surface area contributed by atoms with E-state index >= 15 is 0 Å². The van der Waals surface area contributed by atoms with Crippen molar-refractivity contribution in [3.8, 4) is 11.5 Å². The predicted octanol–water partition coefficient (Wildman–Crippen LogP) is 3.67. The third-order valence-corrected chi connectivity index (χ3v) is 6.34. The molecule has 0 saturated heterocycles. The van der Waals surface area contributed by atoms with E-state index in [-0.39, 0.29) is 11.8 Å². The summed E-state index contributed by atoms with van der Waals surface area (Å²) in [6, 6.07) is 7.04. The lowest BCUT2D eigenvalue weighted by molar-refractivity contribution is 0.0732. The Balaban J connectivity index is 1.51. The number of para-hydroxylation sites is 1. The number of carbonyl (C=O) groups excluding carboxylic acids is 2. The van der Waals surface area contributed by atoms with Crippen LogP contribution in [0.1, 0.15) is 31.3 Å². The van der Waals surface area contributed by atoms with Crippen LogP contribution in [0, 0.1) is 0 Å². The number of benzene rings is 1. The van der Waals surface area contributed by atoms with Crippen LogP contribution in [0.3, 0.4) is 0 Å². The molecule has 4 rings (SSSR count). The number of rotatable bonds is 5. The van der Waals surface area contributed by atoms with Gasteiger partial charge in [0.15, 0.2) is 16.6 Å². The van der Waals surface area contributed by atoms with Gasteiger partial charge in [-0.15, -0.1) is 0 Å². The Labute approximate surface area is 175 Å². The van der Waals surface area contributed by atoms with Gasteiger partial charge < -0.3 is 14.4 Å². The topological polar surface area (TPSA) is 80.8 Å². The summed E-state index contributed by atoms with van der Waals surface area (Å²) < 4.78 is 10.7. The molecule has 1 aromatic carbocycles. The minimum Gasteiger partial charge on any atom is -0.493 e. The molecule has 0 atom stereocenters. The minimum absolute atomic E-state index is 0.122. The maximum absolute atomic E-state index is 13.1. The molecule has 3 heterocycles. The summed E-state index contributed by atoms with van der Waals surface area (Å²) in [7, 11) is 3.07.